The molecule has 0 aromatic carbocycles. The standard InChI is InChI=1S/C16H16N4O2S/c21-12-6-11(7-12)15(13-2-1-5-23-13)18-16(22)10-3-4-20-9-17-19-14(20)8-10/h1-5,8-9,11-12,15,21H,6-7H2,(H,18,22)/t11?,12?,15-/m1/s1. The third-order valence-corrected chi connectivity index (χ3v) is 5.28. The molecule has 118 valence electrons. The van der Waals surface area contributed by atoms with Crippen molar-refractivity contribution in [2.24, 2.45) is 5.92 Å². The number of amides is 1. The summed E-state index contributed by atoms with van der Waals surface area (Å²) >= 11 is 1.63. The first-order valence-electron chi connectivity index (χ1n) is 7.52. The van der Waals surface area contributed by atoms with E-state index in [1.807, 2.05) is 17.5 Å². The molecule has 1 atom stereocenters. The molecule has 3 aromatic rings. The lowest BCUT2D eigenvalue weighted by Crippen LogP contribution is -2.41. The van der Waals surface area contributed by atoms with E-state index in [0.717, 1.165) is 17.7 Å². The molecule has 1 saturated carbocycles. The van der Waals surface area contributed by atoms with E-state index in [1.165, 1.54) is 0 Å². The summed E-state index contributed by atoms with van der Waals surface area (Å²) in [5, 5.41) is 22.5. The number of carbonyl (C=O) groups is 1. The van der Waals surface area contributed by atoms with E-state index in [9.17, 15) is 9.90 Å². The molecule has 7 heteroatoms. The Morgan fingerprint density at radius 1 is 1.43 bits per heavy atom. The zero-order valence-electron chi connectivity index (χ0n) is 12.3. The number of aliphatic hydroxyl groups is 1. The molecule has 1 aliphatic carbocycles. The molecule has 0 radical (unpaired) electrons. The number of carbonyl (C=O) groups excluding carboxylic acids is 1. The molecule has 0 saturated heterocycles. The lowest BCUT2D eigenvalue weighted by atomic mass is 9.76. The molecule has 1 aliphatic rings. The van der Waals surface area contributed by atoms with Crippen LogP contribution in [0.3, 0.4) is 0 Å². The van der Waals surface area contributed by atoms with E-state index in [0.29, 0.717) is 11.2 Å². The molecule has 3 aromatic heterocycles. The predicted molar refractivity (Wildman–Crippen MR) is 86.2 cm³/mol. The van der Waals surface area contributed by atoms with Gasteiger partial charge in [0.1, 0.15) is 6.33 Å². The molecule has 0 spiro atoms. The quantitative estimate of drug-likeness (QED) is 0.768. The molecule has 0 aliphatic heterocycles. The largest absolute Gasteiger partial charge is 0.393 e. The number of thiophene rings is 1. The number of aliphatic hydroxyl groups excluding tert-OH is 1. The van der Waals surface area contributed by atoms with Crippen molar-refractivity contribution in [2.75, 3.05) is 0 Å². The van der Waals surface area contributed by atoms with E-state index in [2.05, 4.69) is 15.5 Å². The second kappa shape index (κ2) is 5.75. The number of hydrogen-bond donors (Lipinski definition) is 2. The normalized spacial score (nSPS) is 21.8. The van der Waals surface area contributed by atoms with Crippen LogP contribution in [0.2, 0.25) is 0 Å². The minimum absolute atomic E-state index is 0.0556. The summed E-state index contributed by atoms with van der Waals surface area (Å²) in [6, 6.07) is 7.44. The molecule has 23 heavy (non-hydrogen) atoms. The van der Waals surface area contributed by atoms with Crippen molar-refractivity contribution < 1.29 is 9.90 Å². The van der Waals surface area contributed by atoms with Gasteiger partial charge in [-0.2, -0.15) is 0 Å². The molecule has 2 N–H and O–H groups in total. The molecule has 0 bridgehead atoms. The van der Waals surface area contributed by atoms with Gasteiger partial charge in [0, 0.05) is 16.6 Å². The highest BCUT2D eigenvalue weighted by Gasteiger charge is 2.36. The van der Waals surface area contributed by atoms with Gasteiger partial charge in [-0.25, -0.2) is 0 Å². The van der Waals surface area contributed by atoms with Crippen molar-refractivity contribution in [3.63, 3.8) is 0 Å². The maximum atomic E-state index is 12.6. The first-order valence-corrected chi connectivity index (χ1v) is 8.40. The van der Waals surface area contributed by atoms with Crippen molar-refractivity contribution in [3.8, 4) is 0 Å². The molecular formula is C16H16N4O2S. The summed E-state index contributed by atoms with van der Waals surface area (Å²) in [5.41, 5.74) is 1.20. The van der Waals surface area contributed by atoms with Crippen LogP contribution in [0.25, 0.3) is 5.65 Å². The number of nitrogens with one attached hydrogen (secondary N) is 1. The summed E-state index contributed by atoms with van der Waals surface area (Å²) in [6.45, 7) is 0. The number of fused-ring (bicyclic) bond motifs is 1. The highest BCUT2D eigenvalue weighted by atomic mass is 32.1. The van der Waals surface area contributed by atoms with Gasteiger partial charge < -0.3 is 10.4 Å². The van der Waals surface area contributed by atoms with Gasteiger partial charge in [0.25, 0.3) is 5.91 Å². The first-order chi connectivity index (χ1) is 11.2. The van der Waals surface area contributed by atoms with Gasteiger partial charge in [0.2, 0.25) is 0 Å². The molecule has 3 heterocycles. The second-order valence-corrected chi connectivity index (χ2v) is 6.84. The summed E-state index contributed by atoms with van der Waals surface area (Å²) in [7, 11) is 0. The van der Waals surface area contributed by atoms with Gasteiger partial charge in [-0.1, -0.05) is 6.07 Å². The van der Waals surface area contributed by atoms with Crippen molar-refractivity contribution in [1.82, 2.24) is 19.9 Å². The maximum Gasteiger partial charge on any atom is 0.251 e. The van der Waals surface area contributed by atoms with E-state index >= 15 is 0 Å². The Kier molecular flexibility index (Phi) is 3.59. The Balaban J connectivity index is 1.56. The summed E-state index contributed by atoms with van der Waals surface area (Å²) in [6.07, 6.45) is 4.59. The minimum Gasteiger partial charge on any atom is -0.393 e. The average Bonchev–Trinajstić information content (AvgIpc) is 3.19. The van der Waals surface area contributed by atoms with Crippen molar-refractivity contribution in [3.05, 3.63) is 52.6 Å². The number of pyridine rings is 1. The summed E-state index contributed by atoms with van der Waals surface area (Å²) < 4.78 is 1.76. The van der Waals surface area contributed by atoms with Gasteiger partial charge in [0.15, 0.2) is 5.65 Å². The molecule has 1 amide bonds. The third kappa shape index (κ3) is 2.73. The van der Waals surface area contributed by atoms with Gasteiger partial charge in [-0.15, -0.1) is 21.5 Å². The van der Waals surface area contributed by atoms with Gasteiger partial charge in [0.05, 0.1) is 12.1 Å². The SMILES string of the molecule is O=C(N[C@@H](c1cccs1)C1CC(O)C1)c1ccn2cnnc2c1. The van der Waals surface area contributed by atoms with Crippen LogP contribution in [0, 0.1) is 5.92 Å². The lowest BCUT2D eigenvalue weighted by molar-refractivity contribution is 0.0241. The maximum absolute atomic E-state index is 12.6. The van der Waals surface area contributed by atoms with Crippen molar-refractivity contribution >= 4 is 22.9 Å². The van der Waals surface area contributed by atoms with Crippen LogP contribution in [-0.4, -0.2) is 31.7 Å². The summed E-state index contributed by atoms with van der Waals surface area (Å²) in [4.78, 5) is 13.7. The van der Waals surface area contributed by atoms with Crippen LogP contribution < -0.4 is 5.32 Å². The van der Waals surface area contributed by atoms with Gasteiger partial charge in [-0.05, 0) is 42.3 Å². The Morgan fingerprint density at radius 2 is 2.30 bits per heavy atom. The van der Waals surface area contributed by atoms with E-state index in [-0.39, 0.29) is 24.0 Å². The van der Waals surface area contributed by atoms with Crippen LogP contribution in [0.1, 0.15) is 34.1 Å². The number of hydrogen-bond acceptors (Lipinski definition) is 5. The zero-order valence-corrected chi connectivity index (χ0v) is 13.1. The molecule has 4 rings (SSSR count). The van der Waals surface area contributed by atoms with Crippen LogP contribution in [0.4, 0.5) is 0 Å². The van der Waals surface area contributed by atoms with Gasteiger partial charge in [-0.3, -0.25) is 9.20 Å². The third-order valence-electron chi connectivity index (χ3n) is 4.32. The van der Waals surface area contributed by atoms with Crippen LogP contribution in [-0.2, 0) is 0 Å². The van der Waals surface area contributed by atoms with E-state index in [1.54, 1.807) is 40.4 Å². The average molecular weight is 328 g/mol. The van der Waals surface area contributed by atoms with Crippen LogP contribution in [0.15, 0.2) is 42.2 Å². The molecular weight excluding hydrogens is 312 g/mol. The molecule has 6 nitrogen and oxygen atoms in total. The minimum atomic E-state index is -0.244. The Labute approximate surface area is 136 Å². The fourth-order valence-electron chi connectivity index (χ4n) is 2.97. The topological polar surface area (TPSA) is 79.5 Å². The van der Waals surface area contributed by atoms with Crippen LogP contribution >= 0.6 is 11.3 Å². The second-order valence-electron chi connectivity index (χ2n) is 5.86. The predicted octanol–water partition coefficient (Wildman–Crippen LogP) is 2.03. The smallest absolute Gasteiger partial charge is 0.251 e. The fraction of sp³-hybridized carbons (Fsp3) is 0.312. The highest BCUT2D eigenvalue weighted by molar-refractivity contribution is 7.10. The van der Waals surface area contributed by atoms with Crippen molar-refractivity contribution in [1.29, 1.82) is 0 Å². The van der Waals surface area contributed by atoms with Gasteiger partial charge >= 0.3 is 0 Å². The molecule has 1 fully saturated rings. The zero-order chi connectivity index (χ0) is 15.8. The van der Waals surface area contributed by atoms with Crippen LogP contribution in [0.5, 0.6) is 0 Å². The monoisotopic (exact) mass is 328 g/mol. The number of nitrogens with zero attached hydrogens (tertiary/aromatic N) is 3. The van der Waals surface area contributed by atoms with E-state index in [4.69, 9.17) is 0 Å². The number of rotatable bonds is 4. The Hall–Kier alpha value is -2.25. The lowest BCUT2D eigenvalue weighted by Gasteiger charge is -2.37. The Bertz CT molecular complexity index is 824. The molecule has 0 unspecified atom stereocenters. The number of aromatic nitrogens is 3. The Morgan fingerprint density at radius 3 is 3.04 bits per heavy atom. The fourth-order valence-corrected chi connectivity index (χ4v) is 3.84. The highest BCUT2D eigenvalue weighted by Crippen LogP contribution is 2.39. The summed E-state index contributed by atoms with van der Waals surface area (Å²) in [5.74, 6) is 0.153. The first kappa shape index (κ1) is 14.3. The van der Waals surface area contributed by atoms with E-state index < -0.39 is 0 Å². The van der Waals surface area contributed by atoms with Crippen molar-refractivity contribution in [2.45, 2.75) is 25.0 Å².